The fourth-order valence-electron chi connectivity index (χ4n) is 3.88. The van der Waals surface area contributed by atoms with Gasteiger partial charge in [0.25, 0.3) is 5.91 Å². The number of piperidine rings is 2. The molecule has 0 bridgehead atoms. The third-order valence-electron chi connectivity index (χ3n) is 5.08. The molecule has 0 unspecified atom stereocenters. The van der Waals surface area contributed by atoms with E-state index in [-0.39, 0.29) is 24.1 Å². The maximum Gasteiger partial charge on any atom is 0.251 e. The largest absolute Gasteiger partial charge is 0.343 e. The van der Waals surface area contributed by atoms with Gasteiger partial charge in [0, 0.05) is 24.7 Å². The Morgan fingerprint density at radius 2 is 2.12 bits per heavy atom. The number of halogens is 1. The number of hydrogen-bond acceptors (Lipinski definition) is 3. The van der Waals surface area contributed by atoms with E-state index >= 15 is 0 Å². The van der Waals surface area contributed by atoms with Crippen LogP contribution in [0.4, 0.5) is 4.39 Å². The number of carbonyl (C=O) groups is 2. The Hall–Kier alpha value is -1.95. The summed E-state index contributed by atoms with van der Waals surface area (Å²) in [5.74, 6) is -0.390. The summed E-state index contributed by atoms with van der Waals surface area (Å²) in [6.45, 7) is 2.76. The van der Waals surface area contributed by atoms with E-state index < -0.39 is 11.7 Å². The Labute approximate surface area is 141 Å². The van der Waals surface area contributed by atoms with E-state index in [4.69, 9.17) is 0 Å². The molecule has 3 rings (SSSR count). The Morgan fingerprint density at radius 1 is 1.29 bits per heavy atom. The van der Waals surface area contributed by atoms with Gasteiger partial charge in [0.05, 0.1) is 6.54 Å². The van der Waals surface area contributed by atoms with Gasteiger partial charge in [0.15, 0.2) is 0 Å². The van der Waals surface area contributed by atoms with E-state index in [0.717, 1.165) is 38.9 Å². The SMILES string of the molecule is CN1CC[C@@H]2[C@H](CCCN2C(=O)CNC(=O)c2cccc(F)c2)C1. The number of hydrogen-bond donors (Lipinski definition) is 1. The molecule has 1 N–H and O–H groups in total. The summed E-state index contributed by atoms with van der Waals surface area (Å²) in [4.78, 5) is 28.9. The average Bonchev–Trinajstić information content (AvgIpc) is 2.58. The van der Waals surface area contributed by atoms with Gasteiger partial charge in [-0.05, 0) is 57.0 Å². The van der Waals surface area contributed by atoms with E-state index in [1.165, 1.54) is 24.3 Å². The lowest BCUT2D eigenvalue weighted by molar-refractivity contribution is -0.137. The highest BCUT2D eigenvalue weighted by molar-refractivity contribution is 5.96. The molecule has 2 fully saturated rings. The highest BCUT2D eigenvalue weighted by Crippen LogP contribution is 2.30. The fourth-order valence-corrected chi connectivity index (χ4v) is 3.88. The Bertz CT molecular complexity index is 622. The molecule has 130 valence electrons. The molecule has 0 radical (unpaired) electrons. The zero-order valence-electron chi connectivity index (χ0n) is 14.0. The first kappa shape index (κ1) is 16.9. The zero-order chi connectivity index (χ0) is 17.1. The molecule has 0 aromatic heterocycles. The number of benzene rings is 1. The van der Waals surface area contributed by atoms with Crippen molar-refractivity contribution in [1.82, 2.24) is 15.1 Å². The van der Waals surface area contributed by atoms with Gasteiger partial charge in [-0.2, -0.15) is 0 Å². The lowest BCUT2D eigenvalue weighted by Crippen LogP contribution is -2.56. The molecular formula is C18H24FN3O2. The van der Waals surface area contributed by atoms with E-state index in [9.17, 15) is 14.0 Å². The summed E-state index contributed by atoms with van der Waals surface area (Å²) >= 11 is 0. The van der Waals surface area contributed by atoms with Crippen molar-refractivity contribution in [3.8, 4) is 0 Å². The van der Waals surface area contributed by atoms with E-state index in [1.54, 1.807) is 0 Å². The van der Waals surface area contributed by atoms with Crippen molar-refractivity contribution < 1.29 is 14.0 Å². The van der Waals surface area contributed by atoms with Crippen molar-refractivity contribution in [1.29, 1.82) is 0 Å². The van der Waals surface area contributed by atoms with Gasteiger partial charge in [0.2, 0.25) is 5.91 Å². The van der Waals surface area contributed by atoms with Crippen molar-refractivity contribution in [3.63, 3.8) is 0 Å². The van der Waals surface area contributed by atoms with Crippen LogP contribution in [0.15, 0.2) is 24.3 Å². The van der Waals surface area contributed by atoms with Gasteiger partial charge < -0.3 is 15.1 Å². The van der Waals surface area contributed by atoms with Crippen LogP contribution < -0.4 is 5.32 Å². The van der Waals surface area contributed by atoms with E-state index in [0.29, 0.717) is 5.92 Å². The van der Waals surface area contributed by atoms with E-state index in [2.05, 4.69) is 17.3 Å². The second-order valence-corrected chi connectivity index (χ2v) is 6.80. The monoisotopic (exact) mass is 333 g/mol. The Balaban J connectivity index is 1.57. The maximum absolute atomic E-state index is 13.2. The van der Waals surface area contributed by atoms with Gasteiger partial charge >= 0.3 is 0 Å². The second kappa shape index (κ2) is 7.30. The molecule has 2 saturated heterocycles. The van der Waals surface area contributed by atoms with Gasteiger partial charge in [0.1, 0.15) is 5.82 Å². The van der Waals surface area contributed by atoms with Crippen molar-refractivity contribution in [3.05, 3.63) is 35.6 Å². The maximum atomic E-state index is 13.2. The number of nitrogens with one attached hydrogen (secondary N) is 1. The van der Waals surface area contributed by atoms with Crippen LogP contribution in [-0.4, -0.2) is 60.9 Å². The van der Waals surface area contributed by atoms with Gasteiger partial charge in [-0.15, -0.1) is 0 Å². The van der Waals surface area contributed by atoms with Crippen LogP contribution in [0.25, 0.3) is 0 Å². The minimum Gasteiger partial charge on any atom is -0.343 e. The van der Waals surface area contributed by atoms with Crippen LogP contribution in [0.3, 0.4) is 0 Å². The molecule has 6 heteroatoms. The lowest BCUT2D eigenvalue weighted by atomic mass is 9.84. The van der Waals surface area contributed by atoms with Crippen LogP contribution in [0, 0.1) is 11.7 Å². The summed E-state index contributed by atoms with van der Waals surface area (Å²) in [7, 11) is 2.12. The number of nitrogens with zero attached hydrogens (tertiary/aromatic N) is 2. The number of amides is 2. The third-order valence-corrected chi connectivity index (χ3v) is 5.08. The van der Waals surface area contributed by atoms with Crippen LogP contribution in [-0.2, 0) is 4.79 Å². The Kier molecular flexibility index (Phi) is 5.14. The van der Waals surface area contributed by atoms with Gasteiger partial charge in [-0.25, -0.2) is 4.39 Å². The number of likely N-dealkylation sites (tertiary alicyclic amines) is 2. The molecule has 5 nitrogen and oxygen atoms in total. The first-order valence-corrected chi connectivity index (χ1v) is 8.56. The lowest BCUT2D eigenvalue weighted by Gasteiger charge is -2.46. The van der Waals surface area contributed by atoms with Crippen molar-refractivity contribution in [2.75, 3.05) is 33.2 Å². The van der Waals surface area contributed by atoms with Crippen molar-refractivity contribution >= 4 is 11.8 Å². The molecule has 2 aliphatic rings. The summed E-state index contributed by atoms with van der Waals surface area (Å²) in [5, 5.41) is 2.62. The molecule has 2 heterocycles. The smallest absolute Gasteiger partial charge is 0.251 e. The highest BCUT2D eigenvalue weighted by Gasteiger charge is 2.37. The average molecular weight is 333 g/mol. The second-order valence-electron chi connectivity index (χ2n) is 6.80. The molecule has 1 aromatic rings. The minimum absolute atomic E-state index is 0.0333. The summed E-state index contributed by atoms with van der Waals surface area (Å²) in [5.41, 5.74) is 0.235. The predicted octanol–water partition coefficient (Wildman–Crippen LogP) is 1.50. The first-order chi connectivity index (χ1) is 11.5. The fraction of sp³-hybridized carbons (Fsp3) is 0.556. The molecule has 0 aliphatic carbocycles. The predicted molar refractivity (Wildman–Crippen MR) is 89.1 cm³/mol. The van der Waals surface area contributed by atoms with E-state index in [1.807, 2.05) is 4.90 Å². The standard InChI is InChI=1S/C18H24FN3O2/c1-21-9-7-16-14(12-21)5-3-8-22(16)17(23)11-20-18(24)13-4-2-6-15(19)10-13/h2,4,6,10,14,16H,3,5,7-9,11-12H2,1H3,(H,20,24)/t14-,16-/m1/s1. The molecule has 2 amide bonds. The number of carbonyl (C=O) groups excluding carboxylic acids is 2. The molecule has 2 atom stereocenters. The van der Waals surface area contributed by atoms with Crippen LogP contribution in [0.1, 0.15) is 29.6 Å². The molecule has 24 heavy (non-hydrogen) atoms. The first-order valence-electron chi connectivity index (χ1n) is 8.56. The number of rotatable bonds is 3. The number of fused-ring (bicyclic) bond motifs is 1. The van der Waals surface area contributed by atoms with Gasteiger partial charge in [-0.3, -0.25) is 9.59 Å². The molecule has 0 spiro atoms. The molecule has 2 aliphatic heterocycles. The van der Waals surface area contributed by atoms with Crippen LogP contribution in [0.5, 0.6) is 0 Å². The minimum atomic E-state index is -0.459. The molecular weight excluding hydrogens is 309 g/mol. The third kappa shape index (κ3) is 3.75. The normalized spacial score (nSPS) is 24.3. The van der Waals surface area contributed by atoms with Gasteiger partial charge in [-0.1, -0.05) is 6.07 Å². The van der Waals surface area contributed by atoms with Crippen LogP contribution >= 0.6 is 0 Å². The quantitative estimate of drug-likeness (QED) is 0.912. The highest BCUT2D eigenvalue weighted by atomic mass is 19.1. The Morgan fingerprint density at radius 3 is 2.92 bits per heavy atom. The molecule has 1 aromatic carbocycles. The van der Waals surface area contributed by atoms with Crippen LogP contribution in [0.2, 0.25) is 0 Å². The molecule has 0 saturated carbocycles. The summed E-state index contributed by atoms with van der Waals surface area (Å²) in [6.07, 6.45) is 3.16. The summed E-state index contributed by atoms with van der Waals surface area (Å²) in [6, 6.07) is 5.77. The van der Waals surface area contributed by atoms with Crippen molar-refractivity contribution in [2.45, 2.75) is 25.3 Å². The summed E-state index contributed by atoms with van der Waals surface area (Å²) < 4.78 is 13.2. The zero-order valence-corrected chi connectivity index (χ0v) is 14.0. The van der Waals surface area contributed by atoms with Crippen molar-refractivity contribution in [2.24, 2.45) is 5.92 Å². The topological polar surface area (TPSA) is 52.6 Å².